The van der Waals surface area contributed by atoms with E-state index < -0.39 is 17.4 Å². The minimum atomic E-state index is -0.780. The average Bonchev–Trinajstić information content (AvgIpc) is 2.28. The van der Waals surface area contributed by atoms with Crippen molar-refractivity contribution in [3.63, 3.8) is 0 Å². The first-order valence-electron chi connectivity index (χ1n) is 4.72. The van der Waals surface area contributed by atoms with Crippen molar-refractivity contribution in [3.05, 3.63) is 29.3 Å². The summed E-state index contributed by atoms with van der Waals surface area (Å²) in [4.78, 5) is 11.5. The number of hydrogen-bond donors (Lipinski definition) is 0. The van der Waals surface area contributed by atoms with Crippen LogP contribution in [0.4, 0.5) is 8.78 Å². The molecule has 0 aliphatic rings. The summed E-state index contributed by atoms with van der Waals surface area (Å²) >= 11 is 5.41. The van der Waals surface area contributed by atoms with Crippen LogP contribution in [0.1, 0.15) is 23.2 Å². The second-order valence-electron chi connectivity index (χ2n) is 3.18. The fourth-order valence-electron chi connectivity index (χ4n) is 1.26. The SMILES string of the molecule is COc1cc(F)c(C(=O)CCCCl)cc1F. The standard InChI is InChI=1S/C11H11ClF2O2/c1-16-11-6-8(13)7(5-9(11)14)10(15)3-2-4-12/h5-6H,2-4H2,1H3. The van der Waals surface area contributed by atoms with Crippen molar-refractivity contribution in [2.24, 2.45) is 0 Å². The van der Waals surface area contributed by atoms with Crippen molar-refractivity contribution in [1.29, 1.82) is 0 Å². The second kappa shape index (κ2) is 5.80. The third-order valence-corrected chi connectivity index (χ3v) is 2.35. The first kappa shape index (κ1) is 12.9. The van der Waals surface area contributed by atoms with Crippen LogP contribution in [0.2, 0.25) is 0 Å². The minimum Gasteiger partial charge on any atom is -0.494 e. The molecule has 5 heteroatoms. The number of carbonyl (C=O) groups excluding carboxylic acids is 1. The molecule has 0 heterocycles. The van der Waals surface area contributed by atoms with Crippen molar-refractivity contribution < 1.29 is 18.3 Å². The van der Waals surface area contributed by atoms with Crippen LogP contribution in [0.25, 0.3) is 0 Å². The van der Waals surface area contributed by atoms with Crippen LogP contribution >= 0.6 is 11.6 Å². The van der Waals surface area contributed by atoms with Gasteiger partial charge in [-0.25, -0.2) is 8.78 Å². The summed E-state index contributed by atoms with van der Waals surface area (Å²) in [5.74, 6) is -1.89. The van der Waals surface area contributed by atoms with Gasteiger partial charge in [0.1, 0.15) is 5.82 Å². The molecule has 1 aromatic carbocycles. The van der Waals surface area contributed by atoms with E-state index in [1.165, 1.54) is 7.11 Å². The molecule has 0 bridgehead atoms. The highest BCUT2D eigenvalue weighted by atomic mass is 35.5. The van der Waals surface area contributed by atoms with Gasteiger partial charge in [0.15, 0.2) is 17.3 Å². The highest BCUT2D eigenvalue weighted by Gasteiger charge is 2.15. The van der Waals surface area contributed by atoms with Gasteiger partial charge in [-0.1, -0.05) is 0 Å². The number of alkyl halides is 1. The minimum absolute atomic E-state index is 0.103. The number of ketones is 1. The van der Waals surface area contributed by atoms with Crippen LogP contribution in [0, 0.1) is 11.6 Å². The van der Waals surface area contributed by atoms with Crippen LogP contribution in [-0.2, 0) is 0 Å². The fraction of sp³-hybridized carbons (Fsp3) is 0.364. The molecule has 0 radical (unpaired) electrons. The van der Waals surface area contributed by atoms with E-state index in [1.807, 2.05) is 0 Å². The zero-order valence-electron chi connectivity index (χ0n) is 8.73. The van der Waals surface area contributed by atoms with Crippen LogP contribution in [-0.4, -0.2) is 18.8 Å². The molecule has 1 rings (SSSR count). The second-order valence-corrected chi connectivity index (χ2v) is 3.56. The number of methoxy groups -OCH3 is 1. The third-order valence-electron chi connectivity index (χ3n) is 2.08. The van der Waals surface area contributed by atoms with Crippen molar-refractivity contribution in [2.45, 2.75) is 12.8 Å². The summed E-state index contributed by atoms with van der Waals surface area (Å²) in [6.45, 7) is 0. The first-order chi connectivity index (χ1) is 7.60. The maximum atomic E-state index is 13.4. The molecule has 88 valence electrons. The van der Waals surface area contributed by atoms with Crippen molar-refractivity contribution in [2.75, 3.05) is 13.0 Å². The Bertz CT molecular complexity index is 394. The molecule has 16 heavy (non-hydrogen) atoms. The van der Waals surface area contributed by atoms with Crippen molar-refractivity contribution in [1.82, 2.24) is 0 Å². The topological polar surface area (TPSA) is 26.3 Å². The number of carbonyl (C=O) groups is 1. The van der Waals surface area contributed by atoms with Crippen molar-refractivity contribution >= 4 is 17.4 Å². The predicted molar refractivity (Wildman–Crippen MR) is 57.2 cm³/mol. The van der Waals surface area contributed by atoms with E-state index in [9.17, 15) is 13.6 Å². The molecule has 0 aromatic heterocycles. The normalized spacial score (nSPS) is 10.2. The van der Waals surface area contributed by atoms with Crippen molar-refractivity contribution in [3.8, 4) is 5.75 Å². The Balaban J connectivity index is 2.97. The molecule has 0 atom stereocenters. The monoisotopic (exact) mass is 248 g/mol. The van der Waals surface area contributed by atoms with E-state index in [-0.39, 0.29) is 17.7 Å². The Morgan fingerprint density at radius 3 is 2.62 bits per heavy atom. The number of Topliss-reactive ketones (excluding diaryl/α,β-unsaturated/α-hetero) is 1. The lowest BCUT2D eigenvalue weighted by Gasteiger charge is -2.06. The Kier molecular flexibility index (Phi) is 4.68. The first-order valence-corrected chi connectivity index (χ1v) is 5.25. The lowest BCUT2D eigenvalue weighted by atomic mass is 10.1. The molecule has 0 aliphatic heterocycles. The molecule has 0 spiro atoms. The Hall–Kier alpha value is -1.16. The van der Waals surface area contributed by atoms with Gasteiger partial charge in [-0.15, -0.1) is 11.6 Å². The lowest BCUT2D eigenvalue weighted by Crippen LogP contribution is -2.04. The highest BCUT2D eigenvalue weighted by Crippen LogP contribution is 2.22. The molecule has 2 nitrogen and oxygen atoms in total. The van der Waals surface area contributed by atoms with Crippen LogP contribution in [0.5, 0.6) is 5.75 Å². The van der Waals surface area contributed by atoms with Gasteiger partial charge in [0.2, 0.25) is 0 Å². The van der Waals surface area contributed by atoms with Gasteiger partial charge in [0, 0.05) is 18.4 Å². The Labute approximate surface area is 97.2 Å². The zero-order valence-corrected chi connectivity index (χ0v) is 9.48. The van der Waals surface area contributed by atoms with E-state index in [4.69, 9.17) is 11.6 Å². The number of rotatable bonds is 5. The Morgan fingerprint density at radius 2 is 2.06 bits per heavy atom. The van der Waals surface area contributed by atoms with Crippen LogP contribution < -0.4 is 4.74 Å². The van der Waals surface area contributed by atoms with E-state index in [2.05, 4.69) is 4.74 Å². The van der Waals surface area contributed by atoms with Gasteiger partial charge in [0.25, 0.3) is 0 Å². The van der Waals surface area contributed by atoms with Gasteiger partial charge < -0.3 is 4.74 Å². The number of benzene rings is 1. The maximum Gasteiger partial charge on any atom is 0.165 e. The quantitative estimate of drug-likeness (QED) is 0.591. The molecule has 0 saturated heterocycles. The largest absolute Gasteiger partial charge is 0.494 e. The van der Waals surface area contributed by atoms with Gasteiger partial charge in [-0.2, -0.15) is 0 Å². The summed E-state index contributed by atoms with van der Waals surface area (Å²) in [5.41, 5.74) is -0.261. The van der Waals surface area contributed by atoms with Gasteiger partial charge in [0.05, 0.1) is 12.7 Å². The predicted octanol–water partition coefficient (Wildman–Crippen LogP) is 3.18. The zero-order chi connectivity index (χ0) is 12.1. The van der Waals surface area contributed by atoms with Crippen LogP contribution in [0.15, 0.2) is 12.1 Å². The van der Waals surface area contributed by atoms with Gasteiger partial charge in [-0.3, -0.25) is 4.79 Å². The number of ether oxygens (including phenoxy) is 1. The highest BCUT2D eigenvalue weighted by molar-refractivity contribution is 6.18. The molecule has 1 aromatic rings. The molecule has 0 saturated carbocycles. The fourth-order valence-corrected chi connectivity index (χ4v) is 1.39. The van der Waals surface area contributed by atoms with E-state index >= 15 is 0 Å². The van der Waals surface area contributed by atoms with E-state index in [0.29, 0.717) is 12.3 Å². The molecular formula is C11H11ClF2O2. The molecule has 0 amide bonds. The maximum absolute atomic E-state index is 13.4. The molecule has 0 N–H and O–H groups in total. The van der Waals surface area contributed by atoms with Gasteiger partial charge in [-0.05, 0) is 12.5 Å². The lowest BCUT2D eigenvalue weighted by molar-refractivity contribution is 0.0977. The number of halogens is 3. The summed E-state index contributed by atoms with van der Waals surface area (Å²) in [7, 11) is 1.23. The average molecular weight is 249 g/mol. The smallest absolute Gasteiger partial charge is 0.165 e. The van der Waals surface area contributed by atoms with E-state index in [1.54, 1.807) is 0 Å². The summed E-state index contributed by atoms with van der Waals surface area (Å²) in [5, 5.41) is 0. The summed E-state index contributed by atoms with van der Waals surface area (Å²) in [6.07, 6.45) is 0.541. The van der Waals surface area contributed by atoms with Crippen LogP contribution in [0.3, 0.4) is 0 Å². The molecule has 0 unspecified atom stereocenters. The molecular weight excluding hydrogens is 238 g/mol. The Morgan fingerprint density at radius 1 is 1.38 bits per heavy atom. The number of hydrogen-bond acceptors (Lipinski definition) is 2. The third kappa shape index (κ3) is 2.92. The summed E-state index contributed by atoms with van der Waals surface area (Å²) in [6, 6.07) is 1.72. The van der Waals surface area contributed by atoms with E-state index in [0.717, 1.165) is 12.1 Å². The molecule has 0 aliphatic carbocycles. The van der Waals surface area contributed by atoms with Gasteiger partial charge >= 0.3 is 0 Å². The summed E-state index contributed by atoms with van der Waals surface area (Å²) < 4.78 is 31.2. The molecule has 0 fully saturated rings.